The fourth-order valence-corrected chi connectivity index (χ4v) is 1.11. The molecule has 4 nitrogen and oxygen atoms in total. The van der Waals surface area contributed by atoms with Gasteiger partial charge in [0.1, 0.15) is 18.1 Å². The van der Waals surface area contributed by atoms with Crippen molar-refractivity contribution in [2.24, 2.45) is 0 Å². The number of halogens is 1. The van der Waals surface area contributed by atoms with E-state index >= 15 is 0 Å². The number of ether oxygens (including phenoxy) is 1. The van der Waals surface area contributed by atoms with Gasteiger partial charge in [0.15, 0.2) is 0 Å². The third kappa shape index (κ3) is 2.23. The number of hydrogen-bond donors (Lipinski definition) is 1. The lowest BCUT2D eigenvalue weighted by Gasteiger charge is -2.02. The maximum Gasteiger partial charge on any atom is 0.134 e. The second kappa shape index (κ2) is 4.11. The van der Waals surface area contributed by atoms with E-state index in [2.05, 4.69) is 15.4 Å². The highest BCUT2D eigenvalue weighted by Gasteiger charge is 1.97. The monoisotopic (exact) mass is 209 g/mol. The van der Waals surface area contributed by atoms with Crippen molar-refractivity contribution < 1.29 is 4.74 Å². The molecule has 0 unspecified atom stereocenters. The summed E-state index contributed by atoms with van der Waals surface area (Å²) in [5.74, 6) is 0.761. The first kappa shape index (κ1) is 9.02. The van der Waals surface area contributed by atoms with Gasteiger partial charge in [-0.25, -0.2) is 0 Å². The Morgan fingerprint density at radius 2 is 2.07 bits per heavy atom. The molecule has 0 spiro atoms. The Balaban J connectivity index is 1.95. The van der Waals surface area contributed by atoms with Crippen molar-refractivity contribution >= 4 is 11.6 Å². The third-order valence-electron chi connectivity index (χ3n) is 1.67. The van der Waals surface area contributed by atoms with Gasteiger partial charge in [-0.2, -0.15) is 15.4 Å². The number of H-pyrrole nitrogens is 1. The van der Waals surface area contributed by atoms with Crippen LogP contribution in [-0.4, -0.2) is 15.4 Å². The molecule has 1 N–H and O–H groups in total. The van der Waals surface area contributed by atoms with Crippen LogP contribution < -0.4 is 4.74 Å². The summed E-state index contributed by atoms with van der Waals surface area (Å²) in [5, 5.41) is 10.7. The Morgan fingerprint density at radius 1 is 1.29 bits per heavy atom. The van der Waals surface area contributed by atoms with E-state index in [4.69, 9.17) is 16.3 Å². The first-order valence-corrected chi connectivity index (χ1v) is 4.45. The molecule has 0 aliphatic heterocycles. The van der Waals surface area contributed by atoms with Crippen LogP contribution in [0.3, 0.4) is 0 Å². The van der Waals surface area contributed by atoms with Gasteiger partial charge in [0.05, 0.1) is 6.20 Å². The van der Waals surface area contributed by atoms with Crippen molar-refractivity contribution in [1.82, 2.24) is 15.4 Å². The quantitative estimate of drug-likeness (QED) is 0.842. The normalized spacial score (nSPS) is 10.1. The van der Waals surface area contributed by atoms with Gasteiger partial charge in [-0.3, -0.25) is 0 Å². The first-order valence-electron chi connectivity index (χ1n) is 4.07. The molecule has 1 aromatic carbocycles. The van der Waals surface area contributed by atoms with Crippen molar-refractivity contribution in [2.75, 3.05) is 0 Å². The third-order valence-corrected chi connectivity index (χ3v) is 1.92. The van der Waals surface area contributed by atoms with E-state index in [1.165, 1.54) is 0 Å². The highest BCUT2D eigenvalue weighted by Crippen LogP contribution is 2.16. The lowest BCUT2D eigenvalue weighted by Crippen LogP contribution is -1.95. The van der Waals surface area contributed by atoms with Crippen molar-refractivity contribution in [1.29, 1.82) is 0 Å². The van der Waals surface area contributed by atoms with Gasteiger partial charge in [-0.1, -0.05) is 11.6 Å². The zero-order valence-corrected chi connectivity index (χ0v) is 8.03. The predicted octanol–water partition coefficient (Wildman–Crippen LogP) is 2.04. The van der Waals surface area contributed by atoms with Crippen LogP contribution in [0.25, 0.3) is 0 Å². The minimum absolute atomic E-state index is 0.401. The number of hydrogen-bond acceptors (Lipinski definition) is 3. The fourth-order valence-electron chi connectivity index (χ4n) is 0.983. The van der Waals surface area contributed by atoms with E-state index in [9.17, 15) is 0 Å². The Kier molecular flexibility index (Phi) is 2.65. The number of aromatic amines is 1. The molecule has 1 aromatic heterocycles. The molecular formula is C9H8ClN3O. The second-order valence-electron chi connectivity index (χ2n) is 2.70. The van der Waals surface area contributed by atoms with Crippen molar-refractivity contribution in [3.8, 4) is 5.75 Å². The van der Waals surface area contributed by atoms with E-state index in [1.54, 1.807) is 18.3 Å². The molecule has 1 heterocycles. The van der Waals surface area contributed by atoms with Crippen LogP contribution in [0.2, 0.25) is 5.02 Å². The van der Waals surface area contributed by atoms with Crippen LogP contribution in [0.4, 0.5) is 0 Å². The minimum Gasteiger partial charge on any atom is -0.487 e. The molecule has 2 aromatic rings. The summed E-state index contributed by atoms with van der Waals surface area (Å²) in [5.41, 5.74) is 0.764. The summed E-state index contributed by atoms with van der Waals surface area (Å²) in [7, 11) is 0. The Morgan fingerprint density at radius 3 is 2.71 bits per heavy atom. The number of rotatable bonds is 3. The number of nitrogens with zero attached hydrogens (tertiary/aromatic N) is 2. The highest BCUT2D eigenvalue weighted by atomic mass is 35.5. The summed E-state index contributed by atoms with van der Waals surface area (Å²) in [6.07, 6.45) is 1.62. The zero-order valence-electron chi connectivity index (χ0n) is 7.27. The van der Waals surface area contributed by atoms with E-state index in [-0.39, 0.29) is 0 Å². The zero-order chi connectivity index (χ0) is 9.80. The summed E-state index contributed by atoms with van der Waals surface area (Å²) >= 11 is 5.73. The van der Waals surface area contributed by atoms with Crippen LogP contribution in [0.15, 0.2) is 30.5 Å². The van der Waals surface area contributed by atoms with Crippen molar-refractivity contribution in [3.63, 3.8) is 0 Å². The SMILES string of the molecule is Clc1ccc(OCc2cn[nH]n2)cc1. The molecule has 0 fully saturated rings. The highest BCUT2D eigenvalue weighted by molar-refractivity contribution is 6.30. The van der Waals surface area contributed by atoms with Gasteiger partial charge in [-0.15, -0.1) is 0 Å². The summed E-state index contributed by atoms with van der Waals surface area (Å²) in [6, 6.07) is 7.17. The van der Waals surface area contributed by atoms with Gasteiger partial charge in [0.2, 0.25) is 0 Å². The Labute approximate surface area is 85.9 Å². The minimum atomic E-state index is 0.401. The van der Waals surface area contributed by atoms with E-state index in [0.29, 0.717) is 11.6 Å². The van der Waals surface area contributed by atoms with Crippen LogP contribution in [0, 0.1) is 0 Å². The Hall–Kier alpha value is -1.55. The number of nitrogens with one attached hydrogen (secondary N) is 1. The van der Waals surface area contributed by atoms with Gasteiger partial charge >= 0.3 is 0 Å². The van der Waals surface area contributed by atoms with Gasteiger partial charge < -0.3 is 4.74 Å². The molecule has 0 atom stereocenters. The van der Waals surface area contributed by atoms with Gasteiger partial charge in [0, 0.05) is 5.02 Å². The molecule has 72 valence electrons. The molecule has 0 aliphatic carbocycles. The smallest absolute Gasteiger partial charge is 0.134 e. The molecule has 2 rings (SSSR count). The van der Waals surface area contributed by atoms with E-state index < -0.39 is 0 Å². The number of benzene rings is 1. The molecule has 0 radical (unpaired) electrons. The number of aromatic nitrogens is 3. The summed E-state index contributed by atoms with van der Waals surface area (Å²) in [6.45, 7) is 0.401. The summed E-state index contributed by atoms with van der Waals surface area (Å²) < 4.78 is 5.42. The molecule has 0 saturated carbocycles. The Bertz CT molecular complexity index is 385. The maximum atomic E-state index is 5.73. The standard InChI is InChI=1S/C9H8ClN3O/c10-7-1-3-9(4-2-7)14-6-8-5-11-13-12-8/h1-5H,6H2,(H,11,12,13). The fraction of sp³-hybridized carbons (Fsp3) is 0.111. The first-order chi connectivity index (χ1) is 6.84. The lowest BCUT2D eigenvalue weighted by molar-refractivity contribution is 0.301. The van der Waals surface area contributed by atoms with Gasteiger partial charge in [-0.05, 0) is 24.3 Å². The maximum absolute atomic E-state index is 5.73. The largest absolute Gasteiger partial charge is 0.487 e. The molecule has 0 aliphatic rings. The van der Waals surface area contributed by atoms with Gasteiger partial charge in [0.25, 0.3) is 0 Å². The lowest BCUT2D eigenvalue weighted by atomic mass is 10.3. The summed E-state index contributed by atoms with van der Waals surface area (Å²) in [4.78, 5) is 0. The average Bonchev–Trinajstić information content (AvgIpc) is 2.70. The van der Waals surface area contributed by atoms with Crippen molar-refractivity contribution in [2.45, 2.75) is 6.61 Å². The van der Waals surface area contributed by atoms with E-state index in [1.807, 2.05) is 12.1 Å². The van der Waals surface area contributed by atoms with Crippen LogP contribution in [0.5, 0.6) is 5.75 Å². The molecule has 0 amide bonds. The second-order valence-corrected chi connectivity index (χ2v) is 3.14. The predicted molar refractivity (Wildman–Crippen MR) is 52.2 cm³/mol. The molecule has 5 heteroatoms. The van der Waals surface area contributed by atoms with Crippen molar-refractivity contribution in [3.05, 3.63) is 41.2 Å². The molecular weight excluding hydrogens is 202 g/mol. The molecule has 0 bridgehead atoms. The molecule has 14 heavy (non-hydrogen) atoms. The van der Waals surface area contributed by atoms with Crippen LogP contribution in [-0.2, 0) is 6.61 Å². The van der Waals surface area contributed by atoms with Crippen LogP contribution >= 0.6 is 11.6 Å². The topological polar surface area (TPSA) is 50.8 Å². The average molecular weight is 210 g/mol. The van der Waals surface area contributed by atoms with E-state index in [0.717, 1.165) is 11.4 Å². The molecule has 0 saturated heterocycles. The van der Waals surface area contributed by atoms with Crippen LogP contribution in [0.1, 0.15) is 5.69 Å².